The highest BCUT2D eigenvalue weighted by atomic mass is 16.5. The molecule has 2 aliphatic heterocycles. The fraction of sp³-hybridized carbons (Fsp3) is 0.818. The van der Waals surface area contributed by atoms with Crippen LogP contribution in [0.25, 0.3) is 0 Å². The molecule has 0 aliphatic carbocycles. The fourth-order valence-electron chi connectivity index (χ4n) is 3.08. The Bertz CT molecular complexity index is 370. The molecular formula is C11H18N4O. The third-order valence-corrected chi connectivity index (χ3v) is 4.11. The summed E-state index contributed by atoms with van der Waals surface area (Å²) in [4.78, 5) is 0. The molecule has 2 fully saturated rings. The van der Waals surface area contributed by atoms with E-state index in [4.69, 9.17) is 4.74 Å². The van der Waals surface area contributed by atoms with Crippen molar-refractivity contribution in [3.63, 3.8) is 0 Å². The number of nitrogens with zero attached hydrogens (tertiary/aromatic N) is 3. The molecule has 1 N–H and O–H groups in total. The molecule has 1 unspecified atom stereocenters. The number of nitrogens with one attached hydrogen (secondary N) is 1. The largest absolute Gasteiger partial charge is 0.381 e. The van der Waals surface area contributed by atoms with Crippen molar-refractivity contribution in [2.24, 2.45) is 12.5 Å². The van der Waals surface area contributed by atoms with E-state index in [9.17, 15) is 0 Å². The fourth-order valence-corrected chi connectivity index (χ4v) is 3.08. The van der Waals surface area contributed by atoms with E-state index in [1.54, 1.807) is 6.33 Å². The van der Waals surface area contributed by atoms with Gasteiger partial charge in [0.25, 0.3) is 0 Å². The van der Waals surface area contributed by atoms with Crippen LogP contribution in [-0.4, -0.2) is 41.1 Å². The van der Waals surface area contributed by atoms with Crippen LogP contribution in [0.1, 0.15) is 24.6 Å². The van der Waals surface area contributed by atoms with Crippen molar-refractivity contribution >= 4 is 0 Å². The average Bonchev–Trinajstić information content (AvgIpc) is 2.87. The van der Waals surface area contributed by atoms with Gasteiger partial charge in [0.05, 0.1) is 0 Å². The summed E-state index contributed by atoms with van der Waals surface area (Å²) in [6.07, 6.45) is 4.07. The van der Waals surface area contributed by atoms with Gasteiger partial charge < -0.3 is 14.6 Å². The molecular weight excluding hydrogens is 204 g/mol. The van der Waals surface area contributed by atoms with Crippen molar-refractivity contribution in [2.75, 3.05) is 26.3 Å². The molecule has 1 aromatic heterocycles. The second kappa shape index (κ2) is 3.82. The standard InChI is InChI=1S/C11H18N4O/c1-15-8-13-14-10(15)9-6-12-7-11(9)2-4-16-5-3-11/h8-9,12H,2-7H2,1H3. The first-order valence-corrected chi connectivity index (χ1v) is 5.94. The normalized spacial score (nSPS) is 28.7. The van der Waals surface area contributed by atoms with Crippen LogP contribution >= 0.6 is 0 Å². The van der Waals surface area contributed by atoms with Gasteiger partial charge in [-0.05, 0) is 18.3 Å². The van der Waals surface area contributed by atoms with Gasteiger partial charge in [0.15, 0.2) is 0 Å². The Kier molecular flexibility index (Phi) is 2.44. The first kappa shape index (κ1) is 10.2. The van der Waals surface area contributed by atoms with Gasteiger partial charge in [-0.1, -0.05) is 0 Å². The van der Waals surface area contributed by atoms with E-state index in [0.717, 1.165) is 45.0 Å². The quantitative estimate of drug-likeness (QED) is 0.742. The summed E-state index contributed by atoms with van der Waals surface area (Å²) in [6.45, 7) is 3.88. The highest BCUT2D eigenvalue weighted by Crippen LogP contribution is 2.45. The maximum atomic E-state index is 5.48. The molecule has 0 aromatic carbocycles. The van der Waals surface area contributed by atoms with Crippen molar-refractivity contribution < 1.29 is 4.74 Å². The Morgan fingerprint density at radius 2 is 2.31 bits per heavy atom. The molecule has 5 nitrogen and oxygen atoms in total. The second-order valence-electron chi connectivity index (χ2n) is 4.96. The highest BCUT2D eigenvalue weighted by molar-refractivity contribution is 5.11. The lowest BCUT2D eigenvalue weighted by Crippen LogP contribution is -2.36. The average molecular weight is 222 g/mol. The lowest BCUT2D eigenvalue weighted by Gasteiger charge is -2.37. The van der Waals surface area contributed by atoms with Gasteiger partial charge in [-0.15, -0.1) is 10.2 Å². The van der Waals surface area contributed by atoms with Gasteiger partial charge in [-0.25, -0.2) is 0 Å². The highest BCUT2D eigenvalue weighted by Gasteiger charge is 2.46. The van der Waals surface area contributed by atoms with E-state index in [-0.39, 0.29) is 0 Å². The van der Waals surface area contributed by atoms with Gasteiger partial charge in [-0.2, -0.15) is 0 Å². The number of hydrogen-bond acceptors (Lipinski definition) is 4. The molecule has 5 heteroatoms. The Morgan fingerprint density at radius 1 is 1.50 bits per heavy atom. The monoisotopic (exact) mass is 222 g/mol. The Hall–Kier alpha value is -0.940. The zero-order valence-corrected chi connectivity index (χ0v) is 9.65. The Morgan fingerprint density at radius 3 is 3.00 bits per heavy atom. The summed E-state index contributed by atoms with van der Waals surface area (Å²) in [5.41, 5.74) is 0.346. The number of aryl methyl sites for hydroxylation is 1. The summed E-state index contributed by atoms with van der Waals surface area (Å²) in [6, 6.07) is 0. The van der Waals surface area contributed by atoms with Crippen LogP contribution in [0.5, 0.6) is 0 Å². The third kappa shape index (κ3) is 1.46. The summed E-state index contributed by atoms with van der Waals surface area (Å²) in [7, 11) is 2.03. The Balaban J connectivity index is 1.91. The molecule has 16 heavy (non-hydrogen) atoms. The zero-order valence-electron chi connectivity index (χ0n) is 9.65. The molecule has 88 valence electrons. The van der Waals surface area contributed by atoms with Crippen LogP contribution in [0.2, 0.25) is 0 Å². The van der Waals surface area contributed by atoms with Crippen LogP contribution in [-0.2, 0) is 11.8 Å². The van der Waals surface area contributed by atoms with Gasteiger partial charge in [0, 0.05) is 39.3 Å². The second-order valence-corrected chi connectivity index (χ2v) is 4.96. The molecule has 1 spiro atoms. The lowest BCUT2D eigenvalue weighted by atomic mass is 9.72. The van der Waals surface area contributed by atoms with Gasteiger partial charge in [-0.3, -0.25) is 0 Å². The van der Waals surface area contributed by atoms with Crippen molar-refractivity contribution in [2.45, 2.75) is 18.8 Å². The van der Waals surface area contributed by atoms with E-state index in [2.05, 4.69) is 20.1 Å². The maximum Gasteiger partial charge on any atom is 0.137 e. The van der Waals surface area contributed by atoms with Crippen molar-refractivity contribution in [3.05, 3.63) is 12.2 Å². The molecule has 3 rings (SSSR count). The molecule has 1 atom stereocenters. The molecule has 2 saturated heterocycles. The van der Waals surface area contributed by atoms with E-state index in [0.29, 0.717) is 11.3 Å². The van der Waals surface area contributed by atoms with Crippen molar-refractivity contribution in [1.82, 2.24) is 20.1 Å². The van der Waals surface area contributed by atoms with Crippen molar-refractivity contribution in [1.29, 1.82) is 0 Å². The minimum absolute atomic E-state index is 0.346. The first-order valence-electron chi connectivity index (χ1n) is 5.94. The van der Waals surface area contributed by atoms with E-state index >= 15 is 0 Å². The number of aromatic nitrogens is 3. The van der Waals surface area contributed by atoms with Crippen LogP contribution in [0.15, 0.2) is 6.33 Å². The SMILES string of the molecule is Cn1cnnc1C1CNCC12CCOCC2. The van der Waals surface area contributed by atoms with E-state index in [1.165, 1.54) is 0 Å². The van der Waals surface area contributed by atoms with Crippen LogP contribution < -0.4 is 5.32 Å². The molecule has 0 radical (unpaired) electrons. The summed E-state index contributed by atoms with van der Waals surface area (Å²) >= 11 is 0. The predicted octanol–water partition coefficient (Wildman–Crippen LogP) is 0.299. The summed E-state index contributed by atoms with van der Waals surface area (Å²) < 4.78 is 7.53. The van der Waals surface area contributed by atoms with Crippen LogP contribution in [0.3, 0.4) is 0 Å². The van der Waals surface area contributed by atoms with Gasteiger partial charge in [0.2, 0.25) is 0 Å². The summed E-state index contributed by atoms with van der Waals surface area (Å²) in [5.74, 6) is 1.61. The Labute approximate surface area is 95.2 Å². The number of hydrogen-bond donors (Lipinski definition) is 1. The molecule has 0 bridgehead atoms. The van der Waals surface area contributed by atoms with E-state index in [1.807, 2.05) is 7.05 Å². The molecule has 3 heterocycles. The topological polar surface area (TPSA) is 52.0 Å². The van der Waals surface area contributed by atoms with Gasteiger partial charge >= 0.3 is 0 Å². The van der Waals surface area contributed by atoms with Crippen LogP contribution in [0.4, 0.5) is 0 Å². The minimum atomic E-state index is 0.346. The maximum absolute atomic E-state index is 5.48. The van der Waals surface area contributed by atoms with Crippen molar-refractivity contribution in [3.8, 4) is 0 Å². The van der Waals surface area contributed by atoms with Crippen LogP contribution in [0, 0.1) is 5.41 Å². The third-order valence-electron chi connectivity index (χ3n) is 4.11. The zero-order chi connectivity index (χ0) is 11.0. The minimum Gasteiger partial charge on any atom is -0.381 e. The molecule has 0 saturated carbocycles. The predicted molar refractivity (Wildman–Crippen MR) is 59.1 cm³/mol. The molecule has 1 aromatic rings. The number of rotatable bonds is 1. The molecule has 2 aliphatic rings. The lowest BCUT2D eigenvalue weighted by molar-refractivity contribution is 0.0150. The first-order chi connectivity index (χ1) is 7.82. The smallest absolute Gasteiger partial charge is 0.137 e. The van der Waals surface area contributed by atoms with E-state index < -0.39 is 0 Å². The number of ether oxygens (including phenoxy) is 1. The van der Waals surface area contributed by atoms with Gasteiger partial charge in [0.1, 0.15) is 12.2 Å². The summed E-state index contributed by atoms with van der Waals surface area (Å²) in [5, 5.41) is 11.8. The molecule has 0 amide bonds.